The summed E-state index contributed by atoms with van der Waals surface area (Å²) in [4.78, 5) is 34.7. The summed E-state index contributed by atoms with van der Waals surface area (Å²) in [5.74, 6) is 0.147. The van der Waals surface area contributed by atoms with Crippen molar-refractivity contribution in [2.75, 3.05) is 13.2 Å². The lowest BCUT2D eigenvalue weighted by atomic mass is 10.2. The van der Waals surface area contributed by atoms with Gasteiger partial charge in [-0.3, -0.25) is 10.1 Å². The van der Waals surface area contributed by atoms with Gasteiger partial charge in [-0.25, -0.2) is 0 Å². The van der Waals surface area contributed by atoms with Crippen LogP contribution in [0.15, 0.2) is 0 Å². The van der Waals surface area contributed by atoms with Crippen molar-refractivity contribution in [3.63, 3.8) is 0 Å². The Labute approximate surface area is 138 Å². The molecule has 0 heterocycles. The van der Waals surface area contributed by atoms with Gasteiger partial charge in [0.15, 0.2) is 6.10 Å². The van der Waals surface area contributed by atoms with E-state index in [9.17, 15) is 10.1 Å². The molecule has 0 aliphatic heterocycles. The maximum atomic E-state index is 10.3. The fraction of sp³-hybridized carbons (Fsp3) is 1.00. The predicted molar refractivity (Wildman–Crippen MR) is 71.0 cm³/mol. The number of aliphatic hydroxyl groups excluding tert-OH is 2. The molecule has 5 N–H and O–H groups in total. The Morgan fingerprint density at radius 1 is 0.880 bits per heavy atom. The van der Waals surface area contributed by atoms with Gasteiger partial charge >= 0.3 is 6.23 Å². The lowest BCUT2D eigenvalue weighted by molar-refractivity contribution is -0.742. The van der Waals surface area contributed by atoms with Crippen LogP contribution in [0.25, 0.3) is 0 Å². The lowest BCUT2D eigenvalue weighted by Gasteiger charge is -2.15. The van der Waals surface area contributed by atoms with Crippen LogP contribution in [0.1, 0.15) is 13.8 Å². The summed E-state index contributed by atoms with van der Waals surface area (Å²) in [6.45, 7) is 3.18. The highest BCUT2D eigenvalue weighted by Crippen LogP contribution is 2.03. The molecule has 0 rings (SSSR count). The van der Waals surface area contributed by atoms with Crippen molar-refractivity contribution in [2.45, 2.75) is 26.2 Å². The molecule has 0 aromatic rings. The monoisotopic (exact) mass is 382 g/mol. The van der Waals surface area contributed by atoms with Crippen LogP contribution in [0.4, 0.5) is 0 Å². The molecule has 18 heteroatoms. The summed E-state index contributed by atoms with van der Waals surface area (Å²) in [6, 6.07) is 0. The van der Waals surface area contributed by atoms with Gasteiger partial charge in [-0.1, -0.05) is 13.8 Å². The third-order valence-electron chi connectivity index (χ3n) is 1.32. The minimum absolute atomic E-state index is 0.147. The van der Waals surface area contributed by atoms with Crippen LogP contribution in [0.2, 0.25) is 0 Å². The first-order chi connectivity index (χ1) is 11.2. The molecule has 0 saturated carbocycles. The molecule has 0 aliphatic rings. The molecule has 2 unspecified atom stereocenters. The zero-order valence-electron chi connectivity index (χ0n) is 12.8. The van der Waals surface area contributed by atoms with Crippen LogP contribution in [0.3, 0.4) is 0 Å². The summed E-state index contributed by atoms with van der Waals surface area (Å²) in [7, 11) is 0. The van der Waals surface area contributed by atoms with Crippen molar-refractivity contribution in [2.24, 2.45) is 5.92 Å². The topological polar surface area (TPSA) is 283 Å². The maximum absolute atomic E-state index is 10.3. The quantitative estimate of drug-likeness (QED) is 0.200. The average molecular weight is 382 g/mol. The normalized spacial score (nSPS) is 11.1. The number of nitro groups is 1. The van der Waals surface area contributed by atoms with Crippen LogP contribution in [-0.2, 0) is 4.74 Å². The van der Waals surface area contributed by atoms with E-state index in [1.165, 1.54) is 0 Å². The molecule has 0 saturated heterocycles. The summed E-state index contributed by atoms with van der Waals surface area (Å²) >= 11 is 0. The summed E-state index contributed by atoms with van der Waals surface area (Å²) in [5.41, 5.74) is 0. The van der Waals surface area contributed by atoms with Gasteiger partial charge in [0, 0.05) is 0 Å². The smallest absolute Gasteiger partial charge is 0.343 e. The summed E-state index contributed by atoms with van der Waals surface area (Å²) in [6.07, 6.45) is -3.00. The Balaban J connectivity index is -0.000000150. The molecule has 0 aromatic carbocycles. The Hall–Kier alpha value is -3.12. The Morgan fingerprint density at radius 2 is 1.16 bits per heavy atom. The Bertz CT molecular complexity index is 349. The maximum Gasteiger partial charge on any atom is 0.343 e. The Morgan fingerprint density at radius 3 is 1.32 bits per heavy atom. The zero-order valence-corrected chi connectivity index (χ0v) is 12.8. The van der Waals surface area contributed by atoms with Crippen LogP contribution >= 0.6 is 0 Å². The number of aliphatic hydroxyl groups is 2. The highest BCUT2D eigenvalue weighted by Gasteiger charge is 2.30. The molecule has 0 bridgehead atoms. The van der Waals surface area contributed by atoms with Gasteiger partial charge in [0.1, 0.15) is 0 Å². The third kappa shape index (κ3) is 52.7. The van der Waals surface area contributed by atoms with E-state index < -0.39 is 39.1 Å². The predicted octanol–water partition coefficient (Wildman–Crippen LogP) is -1.43. The molecular weight excluding hydrogens is 364 g/mol. The van der Waals surface area contributed by atoms with E-state index in [1.54, 1.807) is 0 Å². The van der Waals surface area contributed by atoms with Crippen molar-refractivity contribution in [3.05, 3.63) is 40.5 Å². The molecule has 0 aliphatic carbocycles. The third-order valence-corrected chi connectivity index (χ3v) is 1.32. The van der Waals surface area contributed by atoms with E-state index in [0.717, 1.165) is 0 Å². The van der Waals surface area contributed by atoms with Gasteiger partial charge in [0.2, 0.25) is 0 Å². The van der Waals surface area contributed by atoms with E-state index in [1.807, 2.05) is 13.8 Å². The molecular formula is C7H18N4O14. The standard InChI is InChI=1S/C7H15NO5.3HNO3/c1-5(2)4-13-7(8(11)12)6(10)3-9;3*2-1(3)4/h5-7,9-10H,3-4H2,1-2H3;3*(H,2,3,4). The first kappa shape index (κ1) is 29.8. The molecule has 0 spiro atoms. The van der Waals surface area contributed by atoms with E-state index >= 15 is 0 Å². The molecule has 2 atom stereocenters. The van der Waals surface area contributed by atoms with E-state index in [4.69, 9.17) is 60.9 Å². The van der Waals surface area contributed by atoms with Gasteiger partial charge in [-0.15, -0.1) is 30.3 Å². The molecule has 0 aromatic heterocycles. The van der Waals surface area contributed by atoms with Crippen LogP contribution in [-0.4, -0.2) is 71.6 Å². The van der Waals surface area contributed by atoms with Crippen molar-refractivity contribution in [1.29, 1.82) is 0 Å². The summed E-state index contributed by atoms with van der Waals surface area (Å²) < 4.78 is 4.81. The molecule has 150 valence electrons. The molecule has 25 heavy (non-hydrogen) atoms. The molecule has 18 nitrogen and oxygen atoms in total. The number of hydrogen-bond acceptors (Lipinski definition) is 11. The van der Waals surface area contributed by atoms with E-state index in [0.29, 0.717) is 0 Å². The minimum Gasteiger partial charge on any atom is -0.393 e. The fourth-order valence-corrected chi connectivity index (χ4v) is 0.694. The fourth-order valence-electron chi connectivity index (χ4n) is 0.694. The number of hydrogen-bond donors (Lipinski definition) is 5. The zero-order chi connectivity index (χ0) is 21.2. The van der Waals surface area contributed by atoms with Crippen LogP contribution in [0.5, 0.6) is 0 Å². The van der Waals surface area contributed by atoms with Gasteiger partial charge in [-0.2, -0.15) is 0 Å². The molecule has 0 radical (unpaired) electrons. The molecule has 0 fully saturated rings. The number of rotatable bonds is 6. The highest BCUT2D eigenvalue weighted by atomic mass is 16.9. The van der Waals surface area contributed by atoms with Crippen LogP contribution < -0.4 is 0 Å². The van der Waals surface area contributed by atoms with Gasteiger partial charge in [-0.05, 0) is 5.92 Å². The Kier molecular flexibility index (Phi) is 22.6. The number of ether oxygens (including phenoxy) is 1. The van der Waals surface area contributed by atoms with E-state index in [2.05, 4.69) is 0 Å². The van der Waals surface area contributed by atoms with Gasteiger partial charge < -0.3 is 30.6 Å². The van der Waals surface area contributed by atoms with Gasteiger partial charge in [0.25, 0.3) is 15.3 Å². The van der Waals surface area contributed by atoms with Crippen LogP contribution in [0, 0.1) is 46.4 Å². The highest BCUT2D eigenvalue weighted by molar-refractivity contribution is 4.57. The van der Waals surface area contributed by atoms with Crippen molar-refractivity contribution < 1.29 is 50.8 Å². The van der Waals surface area contributed by atoms with Crippen molar-refractivity contribution in [1.82, 2.24) is 0 Å². The molecule has 0 amide bonds. The van der Waals surface area contributed by atoms with Gasteiger partial charge in [0.05, 0.1) is 18.1 Å². The minimum atomic E-state index is -1.53. The lowest BCUT2D eigenvalue weighted by Crippen LogP contribution is -2.39. The SMILES string of the molecule is CC(C)COC(C(O)CO)[N+](=O)[O-].O=[N+]([O-])O.O=[N+]([O-])O.O=[N+]([O-])O. The van der Waals surface area contributed by atoms with E-state index in [-0.39, 0.29) is 12.5 Å². The second-order valence-electron chi connectivity index (χ2n) is 3.87. The second-order valence-corrected chi connectivity index (χ2v) is 3.87. The second kappa shape index (κ2) is 18.9. The largest absolute Gasteiger partial charge is 0.393 e. The summed E-state index contributed by atoms with van der Waals surface area (Å²) in [5, 5.41) is 68.7. The average Bonchev–Trinajstić information content (AvgIpc) is 2.35. The van der Waals surface area contributed by atoms with Crippen molar-refractivity contribution in [3.8, 4) is 0 Å². The first-order valence-corrected chi connectivity index (χ1v) is 5.72. The first-order valence-electron chi connectivity index (χ1n) is 5.72. The van der Waals surface area contributed by atoms with Crippen molar-refractivity contribution >= 4 is 0 Å². The number of nitrogens with zero attached hydrogens (tertiary/aromatic N) is 4.